The Morgan fingerprint density at radius 1 is 1.12 bits per heavy atom. The van der Waals surface area contributed by atoms with E-state index < -0.39 is 17.9 Å². The normalized spacial score (nSPS) is 14.8. The first-order valence-electron chi connectivity index (χ1n) is 8.03. The molecule has 0 heterocycles. The van der Waals surface area contributed by atoms with Gasteiger partial charge in [0.15, 0.2) is 0 Å². The molecule has 0 aromatic heterocycles. The Hall–Kier alpha value is -2.04. The summed E-state index contributed by atoms with van der Waals surface area (Å²) in [5.41, 5.74) is 1.90. The summed E-state index contributed by atoms with van der Waals surface area (Å²) in [4.78, 5) is 23.8. The van der Waals surface area contributed by atoms with Crippen LogP contribution in [0.15, 0.2) is 42.5 Å². The molecule has 1 saturated carbocycles. The summed E-state index contributed by atoms with van der Waals surface area (Å²) in [7, 11) is 0. The van der Waals surface area contributed by atoms with Crippen LogP contribution < -0.4 is 5.32 Å². The van der Waals surface area contributed by atoms with Gasteiger partial charge in [-0.15, -0.1) is 0 Å². The van der Waals surface area contributed by atoms with Gasteiger partial charge in [0.05, 0.1) is 0 Å². The maximum atomic E-state index is 12.5. The standard InChI is InChI=1S/C19H17Cl2NO3/c20-14-6-3-12(4-7-14)15-10-13(5-8-16(15)21)18(23)22-17(19(24)25)9-11-1-2-11/h3-8,10-11,17H,1-2,9H2,(H,22,23)(H,24,25)/t17-/m0/s1. The molecule has 2 aromatic rings. The zero-order valence-electron chi connectivity index (χ0n) is 13.3. The Bertz CT molecular complexity index is 801. The molecule has 130 valence electrons. The number of carbonyl (C=O) groups excluding carboxylic acids is 1. The topological polar surface area (TPSA) is 66.4 Å². The number of hydrogen-bond acceptors (Lipinski definition) is 2. The fourth-order valence-corrected chi connectivity index (χ4v) is 3.02. The van der Waals surface area contributed by atoms with E-state index in [2.05, 4.69) is 5.32 Å². The lowest BCUT2D eigenvalue weighted by Crippen LogP contribution is -2.41. The molecule has 1 aliphatic carbocycles. The van der Waals surface area contributed by atoms with E-state index in [4.69, 9.17) is 23.2 Å². The summed E-state index contributed by atoms with van der Waals surface area (Å²) >= 11 is 12.2. The molecular formula is C19H17Cl2NO3. The Kier molecular flexibility index (Phi) is 5.30. The molecule has 25 heavy (non-hydrogen) atoms. The third-order valence-electron chi connectivity index (χ3n) is 4.25. The lowest BCUT2D eigenvalue weighted by molar-refractivity contribution is -0.139. The van der Waals surface area contributed by atoms with Crippen molar-refractivity contribution in [3.05, 3.63) is 58.1 Å². The van der Waals surface area contributed by atoms with Crippen LogP contribution in [0.1, 0.15) is 29.6 Å². The van der Waals surface area contributed by atoms with Gasteiger partial charge in [-0.1, -0.05) is 48.2 Å². The van der Waals surface area contributed by atoms with Crippen LogP contribution in [0.25, 0.3) is 11.1 Å². The van der Waals surface area contributed by atoms with Crippen LogP contribution in [0.2, 0.25) is 10.0 Å². The van der Waals surface area contributed by atoms with Gasteiger partial charge in [-0.2, -0.15) is 0 Å². The highest BCUT2D eigenvalue weighted by molar-refractivity contribution is 6.33. The highest BCUT2D eigenvalue weighted by atomic mass is 35.5. The molecule has 0 aliphatic heterocycles. The molecule has 3 rings (SSSR count). The first-order valence-corrected chi connectivity index (χ1v) is 8.79. The van der Waals surface area contributed by atoms with Crippen molar-refractivity contribution in [3.63, 3.8) is 0 Å². The van der Waals surface area contributed by atoms with Gasteiger partial charge in [-0.05, 0) is 48.2 Å². The molecule has 1 amide bonds. The van der Waals surface area contributed by atoms with Gasteiger partial charge in [-0.3, -0.25) is 4.79 Å². The minimum absolute atomic E-state index is 0.372. The van der Waals surface area contributed by atoms with Crippen molar-refractivity contribution in [1.82, 2.24) is 5.32 Å². The zero-order chi connectivity index (χ0) is 18.0. The smallest absolute Gasteiger partial charge is 0.326 e. The lowest BCUT2D eigenvalue weighted by Gasteiger charge is -2.15. The second-order valence-corrected chi connectivity index (χ2v) is 7.09. The van der Waals surface area contributed by atoms with Gasteiger partial charge in [0.2, 0.25) is 0 Å². The van der Waals surface area contributed by atoms with Gasteiger partial charge in [0, 0.05) is 21.2 Å². The molecule has 0 unspecified atom stereocenters. The van der Waals surface area contributed by atoms with E-state index in [9.17, 15) is 14.7 Å². The van der Waals surface area contributed by atoms with Crippen LogP contribution >= 0.6 is 23.2 Å². The molecule has 0 spiro atoms. The molecule has 1 atom stereocenters. The molecule has 0 saturated heterocycles. The third kappa shape index (κ3) is 4.53. The van der Waals surface area contributed by atoms with E-state index in [1.54, 1.807) is 30.3 Å². The Morgan fingerprint density at radius 2 is 1.80 bits per heavy atom. The number of amides is 1. The quantitative estimate of drug-likeness (QED) is 0.769. The molecule has 0 bridgehead atoms. The number of carboxylic acid groups (broad SMARTS) is 1. The molecule has 2 N–H and O–H groups in total. The Balaban J connectivity index is 1.81. The molecule has 6 heteroatoms. The summed E-state index contributed by atoms with van der Waals surface area (Å²) in [5.74, 6) is -1.02. The van der Waals surface area contributed by atoms with Crippen molar-refractivity contribution < 1.29 is 14.7 Å². The second-order valence-electron chi connectivity index (χ2n) is 6.24. The maximum absolute atomic E-state index is 12.5. The van der Waals surface area contributed by atoms with E-state index in [-0.39, 0.29) is 0 Å². The number of rotatable bonds is 6. The summed E-state index contributed by atoms with van der Waals surface area (Å²) < 4.78 is 0. The molecule has 1 aliphatic rings. The average Bonchev–Trinajstić information content (AvgIpc) is 3.39. The van der Waals surface area contributed by atoms with Crippen molar-refractivity contribution in [1.29, 1.82) is 0 Å². The fourth-order valence-electron chi connectivity index (χ4n) is 2.67. The third-order valence-corrected chi connectivity index (χ3v) is 4.83. The van der Waals surface area contributed by atoms with Crippen LogP contribution in [0.4, 0.5) is 0 Å². The zero-order valence-corrected chi connectivity index (χ0v) is 14.8. The van der Waals surface area contributed by atoms with E-state index in [1.165, 1.54) is 0 Å². The molecule has 2 aromatic carbocycles. The number of halogens is 2. The van der Waals surface area contributed by atoms with Crippen LogP contribution in [0.3, 0.4) is 0 Å². The van der Waals surface area contributed by atoms with Crippen molar-refractivity contribution >= 4 is 35.1 Å². The highest BCUT2D eigenvalue weighted by Gasteiger charge is 2.30. The number of carboxylic acids is 1. The Labute approximate surface area is 155 Å². The molecule has 0 radical (unpaired) electrons. The van der Waals surface area contributed by atoms with Gasteiger partial charge in [0.25, 0.3) is 5.91 Å². The minimum Gasteiger partial charge on any atom is -0.480 e. The van der Waals surface area contributed by atoms with Crippen molar-refractivity contribution in [2.75, 3.05) is 0 Å². The largest absolute Gasteiger partial charge is 0.480 e. The van der Waals surface area contributed by atoms with Crippen molar-refractivity contribution in [3.8, 4) is 11.1 Å². The first-order chi connectivity index (χ1) is 11.9. The van der Waals surface area contributed by atoms with Gasteiger partial charge in [-0.25, -0.2) is 4.79 Å². The number of carbonyl (C=O) groups is 2. The average molecular weight is 378 g/mol. The molecule has 1 fully saturated rings. The summed E-state index contributed by atoms with van der Waals surface area (Å²) in [6, 6.07) is 11.2. The summed E-state index contributed by atoms with van der Waals surface area (Å²) in [5, 5.41) is 13.0. The van der Waals surface area contributed by atoms with Crippen LogP contribution in [0.5, 0.6) is 0 Å². The van der Waals surface area contributed by atoms with Crippen LogP contribution in [-0.4, -0.2) is 23.0 Å². The monoisotopic (exact) mass is 377 g/mol. The van der Waals surface area contributed by atoms with E-state index in [0.29, 0.717) is 33.5 Å². The maximum Gasteiger partial charge on any atom is 0.326 e. The van der Waals surface area contributed by atoms with E-state index in [1.807, 2.05) is 12.1 Å². The second kappa shape index (κ2) is 7.46. The minimum atomic E-state index is -1.01. The van der Waals surface area contributed by atoms with Gasteiger partial charge in [0.1, 0.15) is 6.04 Å². The molecule has 4 nitrogen and oxygen atoms in total. The number of hydrogen-bond donors (Lipinski definition) is 2. The number of benzene rings is 2. The first kappa shape index (κ1) is 17.8. The predicted octanol–water partition coefficient (Wildman–Crippen LogP) is 4.64. The predicted molar refractivity (Wildman–Crippen MR) is 98.1 cm³/mol. The van der Waals surface area contributed by atoms with Crippen LogP contribution in [-0.2, 0) is 4.79 Å². The Morgan fingerprint density at radius 3 is 2.40 bits per heavy atom. The lowest BCUT2D eigenvalue weighted by atomic mass is 10.0. The van der Waals surface area contributed by atoms with Crippen molar-refractivity contribution in [2.24, 2.45) is 5.92 Å². The summed E-state index contributed by atoms with van der Waals surface area (Å²) in [6.45, 7) is 0. The fraction of sp³-hybridized carbons (Fsp3) is 0.263. The SMILES string of the molecule is O=C(N[C@@H](CC1CC1)C(=O)O)c1ccc(Cl)c(-c2ccc(Cl)cc2)c1. The number of aliphatic carboxylic acids is 1. The van der Waals surface area contributed by atoms with Crippen LogP contribution in [0, 0.1) is 5.92 Å². The molecular weight excluding hydrogens is 361 g/mol. The number of nitrogens with one attached hydrogen (secondary N) is 1. The van der Waals surface area contributed by atoms with Gasteiger partial charge >= 0.3 is 5.97 Å². The highest BCUT2D eigenvalue weighted by Crippen LogP contribution is 2.34. The van der Waals surface area contributed by atoms with Crippen molar-refractivity contribution in [2.45, 2.75) is 25.3 Å². The van der Waals surface area contributed by atoms with E-state index in [0.717, 1.165) is 18.4 Å². The van der Waals surface area contributed by atoms with E-state index >= 15 is 0 Å². The van der Waals surface area contributed by atoms with Gasteiger partial charge < -0.3 is 10.4 Å². The summed E-state index contributed by atoms with van der Waals surface area (Å²) in [6.07, 6.45) is 2.53.